The van der Waals surface area contributed by atoms with E-state index >= 15 is 0 Å². The number of aryl methyl sites for hydroxylation is 1. The second-order valence-electron chi connectivity index (χ2n) is 5.87. The number of carbonyl (C=O) groups excluding carboxylic acids is 1. The van der Waals surface area contributed by atoms with E-state index in [2.05, 4.69) is 5.32 Å². The van der Waals surface area contributed by atoms with Gasteiger partial charge in [0.1, 0.15) is 16.8 Å². The monoisotopic (exact) mass is 367 g/mol. The number of anilines is 1. The van der Waals surface area contributed by atoms with Crippen LogP contribution in [0.3, 0.4) is 0 Å². The number of amides is 1. The van der Waals surface area contributed by atoms with E-state index in [1.807, 2.05) is 67.6 Å². The maximum absolute atomic E-state index is 13.0. The molecule has 5 heteroatoms. The van der Waals surface area contributed by atoms with Crippen molar-refractivity contribution >= 4 is 23.4 Å². The molecular formula is C21H21NO3S. The Morgan fingerprint density at radius 2 is 1.96 bits per heavy atom. The van der Waals surface area contributed by atoms with Gasteiger partial charge >= 0.3 is 0 Å². The van der Waals surface area contributed by atoms with Crippen LogP contribution in [0.15, 0.2) is 71.3 Å². The Labute approximate surface area is 157 Å². The third-order valence-corrected chi connectivity index (χ3v) is 5.20. The molecule has 0 saturated heterocycles. The first kappa shape index (κ1) is 18.1. The average Bonchev–Trinajstić information content (AvgIpc) is 3.16. The second kappa shape index (κ2) is 8.63. The Bertz CT molecular complexity index is 847. The van der Waals surface area contributed by atoms with Crippen molar-refractivity contribution < 1.29 is 13.9 Å². The Hall–Kier alpha value is -2.66. The molecule has 1 N–H and O–H groups in total. The number of benzene rings is 2. The van der Waals surface area contributed by atoms with Crippen LogP contribution in [0.25, 0.3) is 0 Å². The van der Waals surface area contributed by atoms with Crippen LogP contribution in [0, 0.1) is 6.92 Å². The van der Waals surface area contributed by atoms with E-state index in [4.69, 9.17) is 9.15 Å². The van der Waals surface area contributed by atoms with Gasteiger partial charge < -0.3 is 14.5 Å². The summed E-state index contributed by atoms with van der Waals surface area (Å²) >= 11 is 1.53. The quantitative estimate of drug-likeness (QED) is 0.623. The van der Waals surface area contributed by atoms with E-state index in [9.17, 15) is 4.79 Å². The molecule has 0 aliphatic heterocycles. The highest BCUT2D eigenvalue weighted by Crippen LogP contribution is 2.34. The first-order valence-electron chi connectivity index (χ1n) is 8.32. The van der Waals surface area contributed by atoms with Crippen molar-refractivity contribution in [1.82, 2.24) is 0 Å². The van der Waals surface area contributed by atoms with Crippen LogP contribution in [0.4, 0.5) is 5.69 Å². The summed E-state index contributed by atoms with van der Waals surface area (Å²) in [5, 5.41) is 2.66. The minimum absolute atomic E-state index is 0.0864. The van der Waals surface area contributed by atoms with E-state index in [1.165, 1.54) is 11.8 Å². The summed E-state index contributed by atoms with van der Waals surface area (Å²) < 4.78 is 10.8. The number of methoxy groups -OCH3 is 1. The van der Waals surface area contributed by atoms with E-state index in [1.54, 1.807) is 13.4 Å². The number of thioether (sulfide) groups is 1. The van der Waals surface area contributed by atoms with Crippen molar-refractivity contribution in [3.05, 3.63) is 83.8 Å². The van der Waals surface area contributed by atoms with Gasteiger partial charge in [0.25, 0.3) is 0 Å². The molecule has 1 atom stereocenters. The van der Waals surface area contributed by atoms with E-state index in [0.717, 1.165) is 16.9 Å². The van der Waals surface area contributed by atoms with Gasteiger partial charge in [0.05, 0.1) is 24.8 Å². The van der Waals surface area contributed by atoms with Gasteiger partial charge in [-0.3, -0.25) is 4.79 Å². The Morgan fingerprint density at radius 1 is 1.15 bits per heavy atom. The summed E-state index contributed by atoms with van der Waals surface area (Å²) in [5.74, 6) is 2.02. The highest BCUT2D eigenvalue weighted by atomic mass is 32.2. The molecule has 0 aliphatic carbocycles. The molecule has 0 bridgehead atoms. The van der Waals surface area contributed by atoms with Gasteiger partial charge in [-0.1, -0.05) is 36.4 Å². The summed E-state index contributed by atoms with van der Waals surface area (Å²) in [7, 11) is 1.60. The number of ether oxygens (including phenoxy) is 1. The molecule has 3 rings (SSSR count). The molecule has 0 spiro atoms. The third kappa shape index (κ3) is 4.49. The number of hydrogen-bond donors (Lipinski definition) is 1. The van der Waals surface area contributed by atoms with Crippen LogP contribution in [-0.4, -0.2) is 13.0 Å². The standard InChI is InChI=1S/C21H21NO3S/c1-15-10-11-19(24-2)18(13-15)22-21(23)20(16-7-4-3-5-8-16)26-14-17-9-6-12-25-17/h3-13,20H,14H2,1-2H3,(H,22,23)/t20-/m0/s1. The maximum atomic E-state index is 13.0. The van der Waals surface area contributed by atoms with Crippen LogP contribution >= 0.6 is 11.8 Å². The molecule has 0 unspecified atom stereocenters. The molecule has 0 fully saturated rings. The normalized spacial score (nSPS) is 11.8. The Morgan fingerprint density at radius 3 is 2.65 bits per heavy atom. The average molecular weight is 367 g/mol. The highest BCUT2D eigenvalue weighted by Gasteiger charge is 2.22. The van der Waals surface area contributed by atoms with Gasteiger partial charge in [-0.05, 0) is 42.3 Å². The zero-order valence-corrected chi connectivity index (χ0v) is 15.6. The molecule has 134 valence electrons. The van der Waals surface area contributed by atoms with Crippen LogP contribution in [0.5, 0.6) is 5.75 Å². The zero-order chi connectivity index (χ0) is 18.4. The van der Waals surface area contributed by atoms with Crippen LogP contribution in [-0.2, 0) is 10.5 Å². The van der Waals surface area contributed by atoms with E-state index < -0.39 is 0 Å². The molecule has 0 aliphatic rings. The molecule has 1 aromatic heterocycles. The van der Waals surface area contributed by atoms with Gasteiger partial charge in [0.2, 0.25) is 5.91 Å². The molecule has 0 saturated carbocycles. The van der Waals surface area contributed by atoms with E-state index in [-0.39, 0.29) is 11.2 Å². The molecule has 2 aromatic carbocycles. The van der Waals surface area contributed by atoms with E-state index in [0.29, 0.717) is 17.2 Å². The molecule has 1 amide bonds. The van der Waals surface area contributed by atoms with Crippen molar-refractivity contribution in [3.8, 4) is 5.75 Å². The fourth-order valence-electron chi connectivity index (χ4n) is 2.63. The number of nitrogens with one attached hydrogen (secondary N) is 1. The first-order chi connectivity index (χ1) is 12.7. The summed E-state index contributed by atoms with van der Waals surface area (Å²) in [6.45, 7) is 1.98. The first-order valence-corrected chi connectivity index (χ1v) is 9.36. The number of carbonyl (C=O) groups is 1. The lowest BCUT2D eigenvalue weighted by Gasteiger charge is -2.18. The minimum Gasteiger partial charge on any atom is -0.495 e. The van der Waals surface area contributed by atoms with Crippen LogP contribution in [0.1, 0.15) is 22.1 Å². The van der Waals surface area contributed by atoms with Gasteiger partial charge in [-0.2, -0.15) is 0 Å². The van der Waals surface area contributed by atoms with Gasteiger partial charge in [0, 0.05) is 0 Å². The fraction of sp³-hybridized carbons (Fsp3) is 0.190. The number of furan rings is 1. The van der Waals surface area contributed by atoms with Crippen molar-refractivity contribution in [1.29, 1.82) is 0 Å². The molecule has 3 aromatic rings. The smallest absolute Gasteiger partial charge is 0.242 e. The topological polar surface area (TPSA) is 51.5 Å². The van der Waals surface area contributed by atoms with Crippen molar-refractivity contribution in [2.24, 2.45) is 0 Å². The summed E-state index contributed by atoms with van der Waals surface area (Å²) in [4.78, 5) is 13.0. The maximum Gasteiger partial charge on any atom is 0.242 e. The summed E-state index contributed by atoms with van der Waals surface area (Å²) in [6, 6.07) is 19.2. The van der Waals surface area contributed by atoms with Gasteiger partial charge in [-0.15, -0.1) is 11.8 Å². The molecule has 26 heavy (non-hydrogen) atoms. The predicted octanol–water partition coefficient (Wildman–Crippen LogP) is 5.21. The molecule has 4 nitrogen and oxygen atoms in total. The third-order valence-electron chi connectivity index (χ3n) is 3.93. The van der Waals surface area contributed by atoms with Crippen molar-refractivity contribution in [2.75, 3.05) is 12.4 Å². The van der Waals surface area contributed by atoms with Crippen molar-refractivity contribution in [3.63, 3.8) is 0 Å². The SMILES string of the molecule is COc1ccc(C)cc1NC(=O)[C@@H](SCc1ccco1)c1ccccc1. The van der Waals surface area contributed by atoms with Crippen LogP contribution < -0.4 is 10.1 Å². The fourth-order valence-corrected chi connectivity index (χ4v) is 3.68. The lowest BCUT2D eigenvalue weighted by molar-refractivity contribution is -0.115. The summed E-state index contributed by atoms with van der Waals surface area (Å²) in [5.41, 5.74) is 2.69. The zero-order valence-electron chi connectivity index (χ0n) is 14.8. The second-order valence-corrected chi connectivity index (χ2v) is 6.97. The molecular weight excluding hydrogens is 346 g/mol. The van der Waals surface area contributed by atoms with Crippen LogP contribution in [0.2, 0.25) is 0 Å². The Kier molecular flexibility index (Phi) is 6.02. The minimum atomic E-state index is -0.355. The number of rotatable bonds is 7. The van der Waals surface area contributed by atoms with Crippen molar-refractivity contribution in [2.45, 2.75) is 17.9 Å². The molecule has 0 radical (unpaired) electrons. The van der Waals surface area contributed by atoms with Gasteiger partial charge in [0.15, 0.2) is 0 Å². The number of hydrogen-bond acceptors (Lipinski definition) is 4. The van der Waals surface area contributed by atoms with Gasteiger partial charge in [-0.25, -0.2) is 0 Å². The molecule has 1 heterocycles. The lowest BCUT2D eigenvalue weighted by atomic mass is 10.1. The predicted molar refractivity (Wildman–Crippen MR) is 106 cm³/mol. The highest BCUT2D eigenvalue weighted by molar-refractivity contribution is 7.99. The summed E-state index contributed by atoms with van der Waals surface area (Å²) in [6.07, 6.45) is 1.64. The Balaban J connectivity index is 1.81. The largest absolute Gasteiger partial charge is 0.495 e. The lowest BCUT2D eigenvalue weighted by Crippen LogP contribution is -2.19.